The van der Waals surface area contributed by atoms with Crippen LogP contribution in [0.4, 0.5) is 0 Å². The molecular weight excluding hydrogens is 342 g/mol. The van der Waals surface area contributed by atoms with E-state index in [1.807, 2.05) is 18.4 Å². The largest absolute Gasteiger partial charge is 0.348 e. The van der Waals surface area contributed by atoms with Crippen molar-refractivity contribution in [3.05, 3.63) is 42.2 Å². The summed E-state index contributed by atoms with van der Waals surface area (Å²) in [4.78, 5) is 20.6. The van der Waals surface area contributed by atoms with E-state index in [0.717, 1.165) is 0 Å². The molecule has 2 aromatic rings. The highest BCUT2D eigenvalue weighted by Crippen LogP contribution is 2.30. The van der Waals surface area contributed by atoms with Gasteiger partial charge in [0.25, 0.3) is 5.91 Å². The average Bonchev–Trinajstić information content (AvgIpc) is 3.00. The summed E-state index contributed by atoms with van der Waals surface area (Å²) < 4.78 is 29.0. The van der Waals surface area contributed by atoms with Crippen LogP contribution in [0.2, 0.25) is 0 Å². The second-order valence-corrected chi connectivity index (χ2v) is 8.18. The summed E-state index contributed by atoms with van der Waals surface area (Å²) in [5.41, 5.74) is 0.302. The molecule has 1 aliphatic heterocycles. The minimum absolute atomic E-state index is 0.00566. The molecule has 1 aliphatic rings. The van der Waals surface area contributed by atoms with Gasteiger partial charge in [-0.05, 0) is 32.9 Å². The van der Waals surface area contributed by atoms with E-state index in [1.165, 1.54) is 22.8 Å². The first kappa shape index (κ1) is 17.6. The first-order valence-electron chi connectivity index (χ1n) is 8.10. The standard InChI is InChI=1S/C16H21N5O3S/c1-11(2)18-16(22)14-10-20-7-8-21(12(3)15(20)19-14)25(23,24)13-5-4-6-17-9-13/h4-6,9-12H,7-8H2,1-3H3,(H,18,22)/t12-/m0/s1. The molecule has 0 aliphatic carbocycles. The predicted octanol–water partition coefficient (Wildman–Crippen LogP) is 1.18. The molecular formula is C16H21N5O3S. The molecule has 0 saturated carbocycles. The third-order valence-corrected chi connectivity index (χ3v) is 6.02. The van der Waals surface area contributed by atoms with Gasteiger partial charge in [0.2, 0.25) is 10.0 Å². The maximum absolute atomic E-state index is 12.9. The van der Waals surface area contributed by atoms with Gasteiger partial charge in [0.1, 0.15) is 16.4 Å². The monoisotopic (exact) mass is 363 g/mol. The van der Waals surface area contributed by atoms with Crippen molar-refractivity contribution < 1.29 is 13.2 Å². The fourth-order valence-electron chi connectivity index (χ4n) is 2.88. The normalized spacial score (nSPS) is 18.2. The number of pyridine rings is 1. The number of nitrogens with zero attached hydrogens (tertiary/aromatic N) is 4. The summed E-state index contributed by atoms with van der Waals surface area (Å²) in [6, 6.07) is 2.65. The van der Waals surface area contributed by atoms with Gasteiger partial charge in [0, 0.05) is 37.7 Å². The zero-order valence-electron chi connectivity index (χ0n) is 14.4. The molecule has 2 aromatic heterocycles. The third kappa shape index (κ3) is 3.29. The van der Waals surface area contributed by atoms with Crippen LogP contribution in [0.25, 0.3) is 0 Å². The van der Waals surface area contributed by atoms with Gasteiger partial charge in [-0.3, -0.25) is 9.78 Å². The van der Waals surface area contributed by atoms with Gasteiger partial charge < -0.3 is 9.88 Å². The van der Waals surface area contributed by atoms with Gasteiger partial charge in [-0.15, -0.1) is 0 Å². The Bertz CT molecular complexity index is 876. The minimum atomic E-state index is -3.67. The van der Waals surface area contributed by atoms with Crippen LogP contribution in [0.1, 0.15) is 43.1 Å². The Kier molecular flexibility index (Phi) is 4.61. The Balaban J connectivity index is 1.90. The van der Waals surface area contributed by atoms with Crippen LogP contribution in [0, 0.1) is 0 Å². The minimum Gasteiger partial charge on any atom is -0.348 e. The number of carbonyl (C=O) groups is 1. The van der Waals surface area contributed by atoms with E-state index in [9.17, 15) is 13.2 Å². The molecule has 0 unspecified atom stereocenters. The molecule has 0 spiro atoms. The van der Waals surface area contributed by atoms with Crippen LogP contribution >= 0.6 is 0 Å². The summed E-state index contributed by atoms with van der Waals surface area (Å²) in [6.45, 7) is 6.28. The predicted molar refractivity (Wildman–Crippen MR) is 91.4 cm³/mol. The maximum Gasteiger partial charge on any atom is 0.271 e. The highest BCUT2D eigenvalue weighted by Gasteiger charge is 2.36. The Labute approximate surface area is 146 Å². The highest BCUT2D eigenvalue weighted by atomic mass is 32.2. The quantitative estimate of drug-likeness (QED) is 0.880. The summed E-state index contributed by atoms with van der Waals surface area (Å²) in [7, 11) is -3.67. The van der Waals surface area contributed by atoms with Gasteiger partial charge in [0.05, 0.1) is 6.04 Å². The molecule has 1 amide bonds. The lowest BCUT2D eigenvalue weighted by Crippen LogP contribution is -2.41. The van der Waals surface area contributed by atoms with E-state index < -0.39 is 16.1 Å². The molecule has 3 rings (SSSR count). The lowest BCUT2D eigenvalue weighted by atomic mass is 10.2. The highest BCUT2D eigenvalue weighted by molar-refractivity contribution is 7.89. The SMILES string of the molecule is CC(C)NC(=O)c1cn2c(n1)[C@H](C)N(S(=O)(=O)c1cccnc1)CC2. The molecule has 0 bridgehead atoms. The van der Waals surface area contributed by atoms with Crippen molar-refractivity contribution in [1.29, 1.82) is 0 Å². The third-order valence-electron chi connectivity index (χ3n) is 4.07. The lowest BCUT2D eigenvalue weighted by Gasteiger charge is -2.32. The smallest absolute Gasteiger partial charge is 0.271 e. The molecule has 1 N–H and O–H groups in total. The summed E-state index contributed by atoms with van der Waals surface area (Å²) in [6.07, 6.45) is 4.55. The number of hydrogen-bond acceptors (Lipinski definition) is 5. The zero-order valence-corrected chi connectivity index (χ0v) is 15.2. The van der Waals surface area contributed by atoms with Crippen LogP contribution < -0.4 is 5.32 Å². The zero-order chi connectivity index (χ0) is 18.2. The first-order chi connectivity index (χ1) is 11.8. The Morgan fingerprint density at radius 3 is 2.76 bits per heavy atom. The molecule has 9 heteroatoms. The summed E-state index contributed by atoms with van der Waals surface area (Å²) in [5.74, 6) is 0.304. The Morgan fingerprint density at radius 1 is 1.36 bits per heavy atom. The number of imidazole rings is 1. The van der Waals surface area contributed by atoms with Crippen LogP contribution in [0.15, 0.2) is 35.6 Å². The van der Waals surface area contributed by atoms with Gasteiger partial charge in [-0.2, -0.15) is 4.31 Å². The van der Waals surface area contributed by atoms with Gasteiger partial charge in [0.15, 0.2) is 0 Å². The van der Waals surface area contributed by atoms with Crippen LogP contribution in [-0.2, 0) is 16.6 Å². The fourth-order valence-corrected chi connectivity index (χ4v) is 4.43. The summed E-state index contributed by atoms with van der Waals surface area (Å²) in [5, 5.41) is 2.80. The molecule has 0 fully saturated rings. The van der Waals surface area contributed by atoms with E-state index in [4.69, 9.17) is 0 Å². The summed E-state index contributed by atoms with van der Waals surface area (Å²) >= 11 is 0. The molecule has 0 saturated heterocycles. The van der Waals surface area contributed by atoms with Crippen LogP contribution in [0.5, 0.6) is 0 Å². The molecule has 3 heterocycles. The van der Waals surface area contributed by atoms with Crippen molar-refractivity contribution >= 4 is 15.9 Å². The second-order valence-electron chi connectivity index (χ2n) is 6.29. The lowest BCUT2D eigenvalue weighted by molar-refractivity contribution is 0.0938. The van der Waals surface area contributed by atoms with Crippen molar-refractivity contribution in [3.63, 3.8) is 0 Å². The second kappa shape index (κ2) is 6.57. The Morgan fingerprint density at radius 2 is 2.12 bits per heavy atom. The van der Waals surface area contributed by atoms with E-state index in [0.29, 0.717) is 24.6 Å². The number of carbonyl (C=O) groups excluding carboxylic acids is 1. The fraction of sp³-hybridized carbons (Fsp3) is 0.438. The molecule has 8 nitrogen and oxygen atoms in total. The van der Waals surface area contributed by atoms with Crippen LogP contribution in [0.3, 0.4) is 0 Å². The van der Waals surface area contributed by atoms with Crippen LogP contribution in [-0.4, -0.2) is 45.8 Å². The van der Waals surface area contributed by atoms with Crippen molar-refractivity contribution in [3.8, 4) is 0 Å². The number of amides is 1. The topological polar surface area (TPSA) is 97.2 Å². The van der Waals surface area contributed by atoms with Crippen molar-refractivity contribution in [2.75, 3.05) is 6.54 Å². The van der Waals surface area contributed by atoms with E-state index in [1.54, 1.807) is 19.2 Å². The first-order valence-corrected chi connectivity index (χ1v) is 9.54. The van der Waals surface area contributed by atoms with Gasteiger partial charge in [-0.25, -0.2) is 13.4 Å². The van der Waals surface area contributed by atoms with E-state index >= 15 is 0 Å². The van der Waals surface area contributed by atoms with Crippen molar-refractivity contribution in [2.24, 2.45) is 0 Å². The number of sulfonamides is 1. The number of aromatic nitrogens is 3. The van der Waals surface area contributed by atoms with E-state index in [-0.39, 0.29) is 16.8 Å². The van der Waals surface area contributed by atoms with Crippen molar-refractivity contribution in [2.45, 2.75) is 44.3 Å². The van der Waals surface area contributed by atoms with Gasteiger partial charge >= 0.3 is 0 Å². The Hall–Kier alpha value is -2.26. The molecule has 0 aromatic carbocycles. The molecule has 1 atom stereocenters. The number of fused-ring (bicyclic) bond motifs is 1. The molecule has 134 valence electrons. The van der Waals surface area contributed by atoms with Gasteiger partial charge in [-0.1, -0.05) is 0 Å². The molecule has 0 radical (unpaired) electrons. The average molecular weight is 363 g/mol. The van der Waals surface area contributed by atoms with E-state index in [2.05, 4.69) is 15.3 Å². The van der Waals surface area contributed by atoms with Crippen molar-refractivity contribution in [1.82, 2.24) is 24.2 Å². The number of rotatable bonds is 4. The molecule has 25 heavy (non-hydrogen) atoms. The number of hydrogen-bond donors (Lipinski definition) is 1. The number of nitrogens with one attached hydrogen (secondary N) is 1. The maximum atomic E-state index is 12.9.